The maximum absolute atomic E-state index is 14.9. The van der Waals surface area contributed by atoms with Crippen LogP contribution in [0.25, 0.3) is 89.9 Å². The van der Waals surface area contributed by atoms with Gasteiger partial charge in [-0.2, -0.15) is 0 Å². The minimum Gasteiger partial charge on any atom is -0.456 e. The fraction of sp³-hybridized carbons (Fsp3) is 0.0444. The van der Waals surface area contributed by atoms with Crippen LogP contribution in [0.1, 0.15) is 17.7 Å². The number of fused-ring (bicyclic) bond motifs is 6. The Kier molecular flexibility index (Phi) is 6.65. The Hall–Kier alpha value is -6.84. The number of furan rings is 1. The lowest BCUT2D eigenvalue weighted by atomic mass is 9.99. The molecule has 6 heteroatoms. The molecule has 5 nitrogen and oxygen atoms in total. The number of para-hydroxylation sites is 1. The Morgan fingerprint density at radius 3 is 2.10 bits per heavy atom. The summed E-state index contributed by atoms with van der Waals surface area (Å²) in [6, 6.07) is 47.4. The molecule has 6 aromatic carbocycles. The molecule has 3 aromatic heterocycles. The standard InChI is InChI=1S/C45H27FN4O/c46-32-17-11-16-30(24-32)35-25-31(45-48-43(28-12-3-1-4-13-28)47-44(49-45)29-14-5-2-6-15-29)22-23-39(35)50-38-20-9-7-18-33(38)36-27-42-37(26-40(36)50)34-19-8-10-21-41(34)51-42/h1-8,10,12-15,17-19,21-27H,9,20H2. The molecule has 0 N–H and O–H groups in total. The molecule has 51 heavy (non-hydrogen) atoms. The average Bonchev–Trinajstić information content (AvgIpc) is 3.72. The Morgan fingerprint density at radius 1 is 0.647 bits per heavy atom. The monoisotopic (exact) mass is 658 g/mol. The zero-order valence-electron chi connectivity index (χ0n) is 27.3. The van der Waals surface area contributed by atoms with Crippen LogP contribution in [-0.4, -0.2) is 19.5 Å². The molecule has 0 saturated carbocycles. The van der Waals surface area contributed by atoms with Crippen molar-refractivity contribution in [3.8, 4) is 51.0 Å². The molecule has 0 unspecified atom stereocenters. The summed E-state index contributed by atoms with van der Waals surface area (Å²) in [5.74, 6) is 1.28. The fourth-order valence-corrected chi connectivity index (χ4v) is 7.28. The van der Waals surface area contributed by atoms with Gasteiger partial charge in [0.1, 0.15) is 17.0 Å². The van der Waals surface area contributed by atoms with Crippen molar-refractivity contribution in [1.29, 1.82) is 0 Å². The van der Waals surface area contributed by atoms with E-state index in [-0.39, 0.29) is 5.82 Å². The summed E-state index contributed by atoms with van der Waals surface area (Å²) in [6.07, 6.45) is 6.22. The highest BCUT2D eigenvalue weighted by Gasteiger charge is 2.24. The van der Waals surface area contributed by atoms with Gasteiger partial charge in [0.15, 0.2) is 17.5 Å². The van der Waals surface area contributed by atoms with E-state index in [0.717, 1.165) is 73.6 Å². The van der Waals surface area contributed by atoms with Crippen LogP contribution in [0.3, 0.4) is 0 Å². The first kappa shape index (κ1) is 29.1. The summed E-state index contributed by atoms with van der Waals surface area (Å²) < 4.78 is 23.6. The summed E-state index contributed by atoms with van der Waals surface area (Å²) >= 11 is 0. The van der Waals surface area contributed by atoms with Gasteiger partial charge in [0.05, 0.1) is 11.2 Å². The number of hydrogen-bond acceptors (Lipinski definition) is 4. The quantitative estimate of drug-likeness (QED) is 0.185. The van der Waals surface area contributed by atoms with Crippen molar-refractivity contribution in [3.63, 3.8) is 0 Å². The number of allylic oxidation sites excluding steroid dienone is 1. The van der Waals surface area contributed by atoms with E-state index >= 15 is 0 Å². The first-order valence-electron chi connectivity index (χ1n) is 16.9. The number of aromatic nitrogens is 4. The van der Waals surface area contributed by atoms with Gasteiger partial charge in [0.2, 0.25) is 0 Å². The largest absolute Gasteiger partial charge is 0.456 e. The van der Waals surface area contributed by atoms with Gasteiger partial charge in [0.25, 0.3) is 0 Å². The molecule has 0 aliphatic heterocycles. The lowest BCUT2D eigenvalue weighted by molar-refractivity contribution is 0.628. The van der Waals surface area contributed by atoms with Gasteiger partial charge >= 0.3 is 0 Å². The second-order valence-corrected chi connectivity index (χ2v) is 12.7. The van der Waals surface area contributed by atoms with Gasteiger partial charge < -0.3 is 8.98 Å². The lowest BCUT2D eigenvalue weighted by Crippen LogP contribution is -2.05. The zero-order chi connectivity index (χ0) is 33.9. The molecule has 240 valence electrons. The van der Waals surface area contributed by atoms with Crippen molar-refractivity contribution in [1.82, 2.24) is 19.5 Å². The Labute approximate surface area is 293 Å². The van der Waals surface area contributed by atoms with Crippen molar-refractivity contribution < 1.29 is 8.81 Å². The molecule has 9 aromatic rings. The topological polar surface area (TPSA) is 56.7 Å². The smallest absolute Gasteiger partial charge is 0.164 e. The van der Waals surface area contributed by atoms with Gasteiger partial charge in [-0.15, -0.1) is 0 Å². The highest BCUT2D eigenvalue weighted by Crippen LogP contribution is 2.42. The molecular weight excluding hydrogens is 632 g/mol. The van der Waals surface area contributed by atoms with Crippen LogP contribution in [0.4, 0.5) is 4.39 Å². The van der Waals surface area contributed by atoms with Gasteiger partial charge in [-0.1, -0.05) is 103 Å². The van der Waals surface area contributed by atoms with E-state index in [1.54, 1.807) is 0 Å². The van der Waals surface area contributed by atoms with E-state index < -0.39 is 0 Å². The summed E-state index contributed by atoms with van der Waals surface area (Å²) in [6.45, 7) is 0. The number of hydrogen-bond donors (Lipinski definition) is 0. The number of benzene rings is 5. The molecule has 0 atom stereocenters. The fourth-order valence-electron chi connectivity index (χ4n) is 7.28. The summed E-state index contributed by atoms with van der Waals surface area (Å²) in [4.78, 5) is 14.8. The Bertz CT molecular complexity index is 2760. The van der Waals surface area contributed by atoms with Crippen molar-refractivity contribution >= 4 is 38.9 Å². The maximum atomic E-state index is 14.9. The van der Waals surface area contributed by atoms with E-state index in [1.807, 2.05) is 91.0 Å². The van der Waals surface area contributed by atoms with Crippen LogP contribution in [0, 0.1) is 17.9 Å². The highest BCUT2D eigenvalue weighted by atomic mass is 19.1. The summed E-state index contributed by atoms with van der Waals surface area (Å²) in [5, 5.41) is 3.22. The van der Waals surface area contributed by atoms with Crippen molar-refractivity contribution in [2.45, 2.75) is 12.8 Å². The third-order valence-corrected chi connectivity index (χ3v) is 9.62. The average molecular weight is 659 g/mol. The van der Waals surface area contributed by atoms with Crippen molar-refractivity contribution in [2.24, 2.45) is 0 Å². The Balaban J connectivity index is 1.24. The van der Waals surface area contributed by atoms with Gasteiger partial charge in [-0.25, -0.2) is 19.3 Å². The SMILES string of the molecule is Fc1cc#cc(-c2cc(-c3nc(-c4ccccc4)nc(-c4ccccc4)n3)ccc2-n2c3c(c4cc5oc6ccccc6c5cc42)C=CCC3)c1. The van der Waals surface area contributed by atoms with Crippen LogP contribution in [0.5, 0.6) is 0 Å². The number of nitrogens with zero attached hydrogens (tertiary/aromatic N) is 4. The number of halogens is 1. The van der Waals surface area contributed by atoms with Crippen molar-refractivity contribution in [3.05, 3.63) is 163 Å². The zero-order valence-corrected chi connectivity index (χ0v) is 27.3. The van der Waals surface area contributed by atoms with Crippen LogP contribution in [0.15, 0.2) is 138 Å². The summed E-state index contributed by atoms with van der Waals surface area (Å²) in [5.41, 5.74) is 9.95. The molecule has 0 saturated heterocycles. The first-order chi connectivity index (χ1) is 25.2. The van der Waals surface area contributed by atoms with Crippen molar-refractivity contribution in [2.75, 3.05) is 0 Å². The van der Waals surface area contributed by atoms with Crippen LogP contribution in [0.2, 0.25) is 0 Å². The normalized spacial score (nSPS) is 12.4. The third kappa shape index (κ3) is 4.90. The molecule has 0 bridgehead atoms. The van der Waals surface area contributed by atoms with E-state index in [9.17, 15) is 4.39 Å². The van der Waals surface area contributed by atoms with E-state index in [2.05, 4.69) is 53.1 Å². The second-order valence-electron chi connectivity index (χ2n) is 12.7. The lowest BCUT2D eigenvalue weighted by Gasteiger charge is -2.18. The van der Waals surface area contributed by atoms with Gasteiger partial charge in [-0.05, 0) is 55.3 Å². The minimum absolute atomic E-state index is 0.383. The predicted molar refractivity (Wildman–Crippen MR) is 201 cm³/mol. The molecule has 0 amide bonds. The van der Waals surface area contributed by atoms with Gasteiger partial charge in [-0.3, -0.25) is 0 Å². The maximum Gasteiger partial charge on any atom is 0.164 e. The van der Waals surface area contributed by atoms with E-state index in [0.29, 0.717) is 23.0 Å². The van der Waals surface area contributed by atoms with E-state index in [1.165, 1.54) is 23.4 Å². The molecule has 3 heterocycles. The molecular formula is C45H27FN4O. The third-order valence-electron chi connectivity index (χ3n) is 9.62. The van der Waals surface area contributed by atoms with Crippen LogP contribution < -0.4 is 0 Å². The molecule has 1 aliphatic carbocycles. The molecule has 0 spiro atoms. The minimum atomic E-state index is -0.383. The van der Waals surface area contributed by atoms with Crippen LogP contribution >= 0.6 is 0 Å². The number of rotatable bonds is 5. The van der Waals surface area contributed by atoms with Crippen LogP contribution in [-0.2, 0) is 6.42 Å². The molecule has 0 fully saturated rings. The Morgan fingerprint density at radius 2 is 1.35 bits per heavy atom. The second kappa shape index (κ2) is 11.6. The molecule has 10 rings (SSSR count). The molecule has 0 radical (unpaired) electrons. The highest BCUT2D eigenvalue weighted by molar-refractivity contribution is 6.11. The predicted octanol–water partition coefficient (Wildman–Crippen LogP) is 11.1. The first-order valence-corrected chi connectivity index (χ1v) is 16.9. The summed E-state index contributed by atoms with van der Waals surface area (Å²) in [7, 11) is 0. The molecule has 1 aliphatic rings. The van der Waals surface area contributed by atoms with Gasteiger partial charge in [0, 0.05) is 61.3 Å². The van der Waals surface area contributed by atoms with E-state index in [4.69, 9.17) is 19.4 Å².